The van der Waals surface area contributed by atoms with Gasteiger partial charge in [0.15, 0.2) is 0 Å². The van der Waals surface area contributed by atoms with E-state index < -0.39 is 0 Å². The minimum Gasteiger partial charge on any atom is -0.395 e. The molecule has 1 aromatic heterocycles. The average molecular weight is 260 g/mol. The van der Waals surface area contributed by atoms with Gasteiger partial charge in [0.05, 0.1) is 6.61 Å². The summed E-state index contributed by atoms with van der Waals surface area (Å²) in [6, 6.07) is 8.43. The molecule has 2 aromatic rings. The van der Waals surface area contributed by atoms with Crippen LogP contribution in [0.25, 0.3) is 10.9 Å². The van der Waals surface area contributed by atoms with Crippen molar-refractivity contribution in [2.45, 2.75) is 26.2 Å². The normalized spacial score (nSPS) is 11.5. The third-order valence-corrected chi connectivity index (χ3v) is 3.62. The molecular formula is C16H24N2O. The van der Waals surface area contributed by atoms with Crippen LogP contribution in [0.3, 0.4) is 0 Å². The molecular weight excluding hydrogens is 236 g/mol. The van der Waals surface area contributed by atoms with Crippen LogP contribution in [0.4, 0.5) is 0 Å². The first-order chi connectivity index (χ1) is 9.35. The smallest absolute Gasteiger partial charge is 0.0558 e. The van der Waals surface area contributed by atoms with Crippen molar-refractivity contribution in [3.05, 3.63) is 36.0 Å². The Morgan fingerprint density at radius 1 is 1.16 bits per heavy atom. The molecule has 0 saturated carbocycles. The molecule has 104 valence electrons. The lowest BCUT2D eigenvalue weighted by atomic mass is 10.1. The van der Waals surface area contributed by atoms with Crippen LogP contribution in [0, 0.1) is 0 Å². The van der Waals surface area contributed by atoms with Crippen LogP contribution in [-0.2, 0) is 6.42 Å². The number of unbranched alkanes of at least 4 members (excludes halogenated alkanes) is 1. The van der Waals surface area contributed by atoms with E-state index >= 15 is 0 Å². The molecule has 0 fully saturated rings. The maximum absolute atomic E-state index is 9.12. The van der Waals surface area contributed by atoms with E-state index in [2.05, 4.69) is 47.3 Å². The zero-order valence-corrected chi connectivity index (χ0v) is 11.7. The van der Waals surface area contributed by atoms with E-state index in [4.69, 9.17) is 5.11 Å². The predicted octanol–water partition coefficient (Wildman–Crippen LogP) is 2.80. The van der Waals surface area contributed by atoms with Crippen molar-refractivity contribution in [1.82, 2.24) is 9.88 Å². The van der Waals surface area contributed by atoms with Gasteiger partial charge in [-0.3, -0.25) is 0 Å². The molecule has 2 N–H and O–H groups in total. The first-order valence-electron chi connectivity index (χ1n) is 7.23. The van der Waals surface area contributed by atoms with Crippen LogP contribution < -0.4 is 0 Å². The number of benzene rings is 1. The molecule has 0 saturated heterocycles. The zero-order chi connectivity index (χ0) is 13.5. The fraction of sp³-hybridized carbons (Fsp3) is 0.500. The van der Waals surface area contributed by atoms with Crippen molar-refractivity contribution < 1.29 is 5.11 Å². The highest BCUT2D eigenvalue weighted by atomic mass is 16.3. The third-order valence-electron chi connectivity index (χ3n) is 3.62. The summed E-state index contributed by atoms with van der Waals surface area (Å²) >= 11 is 0. The van der Waals surface area contributed by atoms with Gasteiger partial charge < -0.3 is 15.0 Å². The number of aromatic nitrogens is 1. The molecule has 1 aromatic carbocycles. The Kier molecular flexibility index (Phi) is 5.43. The first kappa shape index (κ1) is 14.1. The van der Waals surface area contributed by atoms with Gasteiger partial charge >= 0.3 is 0 Å². The zero-order valence-electron chi connectivity index (χ0n) is 11.7. The Balaban J connectivity index is 1.96. The van der Waals surface area contributed by atoms with Gasteiger partial charge in [-0.15, -0.1) is 0 Å². The summed E-state index contributed by atoms with van der Waals surface area (Å²) in [7, 11) is 0. The van der Waals surface area contributed by atoms with Crippen molar-refractivity contribution in [2.24, 2.45) is 0 Å². The van der Waals surface area contributed by atoms with E-state index in [9.17, 15) is 0 Å². The number of nitrogens with one attached hydrogen (secondary N) is 1. The Labute approximate surface area is 115 Å². The summed E-state index contributed by atoms with van der Waals surface area (Å²) in [6.45, 7) is 5.33. The van der Waals surface area contributed by atoms with E-state index in [1.54, 1.807) is 0 Å². The van der Waals surface area contributed by atoms with Crippen LogP contribution in [0.2, 0.25) is 0 Å². The molecule has 0 aliphatic carbocycles. The second-order valence-electron chi connectivity index (χ2n) is 5.03. The number of H-pyrrole nitrogens is 1. The standard InChI is InChI=1S/C16H24N2O/c1-2-3-9-18(11-12-19)10-8-14-13-17-16-7-5-4-6-15(14)16/h4-7,13,17,19H,2-3,8-12H2,1H3. The highest BCUT2D eigenvalue weighted by Gasteiger charge is 2.07. The highest BCUT2D eigenvalue weighted by Crippen LogP contribution is 2.18. The second-order valence-corrected chi connectivity index (χ2v) is 5.03. The van der Waals surface area contributed by atoms with Crippen LogP contribution in [0.1, 0.15) is 25.3 Å². The number of aliphatic hydroxyl groups excluding tert-OH is 1. The van der Waals surface area contributed by atoms with Gasteiger partial charge in [0.2, 0.25) is 0 Å². The lowest BCUT2D eigenvalue weighted by Crippen LogP contribution is -2.30. The summed E-state index contributed by atoms with van der Waals surface area (Å²) in [4.78, 5) is 5.67. The minimum absolute atomic E-state index is 0.248. The third kappa shape index (κ3) is 3.82. The second kappa shape index (κ2) is 7.31. The lowest BCUT2D eigenvalue weighted by molar-refractivity contribution is 0.195. The molecule has 0 aliphatic heterocycles. The van der Waals surface area contributed by atoms with Gasteiger partial charge in [-0.25, -0.2) is 0 Å². The number of aromatic amines is 1. The fourth-order valence-corrected chi connectivity index (χ4v) is 2.48. The van der Waals surface area contributed by atoms with Crippen molar-refractivity contribution in [1.29, 1.82) is 0 Å². The largest absolute Gasteiger partial charge is 0.395 e. The van der Waals surface area contributed by atoms with Crippen molar-refractivity contribution >= 4 is 10.9 Å². The van der Waals surface area contributed by atoms with Crippen molar-refractivity contribution in [3.63, 3.8) is 0 Å². The van der Waals surface area contributed by atoms with Crippen LogP contribution >= 0.6 is 0 Å². The molecule has 0 aliphatic rings. The quantitative estimate of drug-likeness (QED) is 0.766. The minimum atomic E-state index is 0.248. The van der Waals surface area contributed by atoms with Gasteiger partial charge in [-0.05, 0) is 31.0 Å². The molecule has 0 atom stereocenters. The molecule has 3 heteroatoms. The Bertz CT molecular complexity index is 492. The fourth-order valence-electron chi connectivity index (χ4n) is 2.48. The molecule has 0 radical (unpaired) electrons. The van der Waals surface area contributed by atoms with E-state index in [-0.39, 0.29) is 6.61 Å². The summed E-state index contributed by atoms with van der Waals surface area (Å²) in [5.74, 6) is 0. The summed E-state index contributed by atoms with van der Waals surface area (Å²) in [5.41, 5.74) is 2.58. The molecule has 0 bridgehead atoms. The van der Waals surface area contributed by atoms with Crippen molar-refractivity contribution in [2.75, 3.05) is 26.2 Å². The van der Waals surface area contributed by atoms with E-state index in [0.29, 0.717) is 0 Å². The van der Waals surface area contributed by atoms with Gasteiger partial charge in [0.25, 0.3) is 0 Å². The molecule has 3 nitrogen and oxygen atoms in total. The number of rotatable bonds is 8. The Hall–Kier alpha value is -1.32. The van der Waals surface area contributed by atoms with Gasteiger partial charge in [0, 0.05) is 30.2 Å². The molecule has 0 unspecified atom stereocenters. The summed E-state index contributed by atoms with van der Waals surface area (Å²) in [5, 5.41) is 10.4. The highest BCUT2D eigenvalue weighted by molar-refractivity contribution is 5.83. The van der Waals surface area contributed by atoms with Crippen LogP contribution in [0.15, 0.2) is 30.5 Å². The number of hydrogen-bond donors (Lipinski definition) is 2. The number of nitrogens with zero attached hydrogens (tertiary/aromatic N) is 1. The molecule has 19 heavy (non-hydrogen) atoms. The molecule has 0 spiro atoms. The summed E-state index contributed by atoms with van der Waals surface area (Å²) < 4.78 is 0. The average Bonchev–Trinajstić information content (AvgIpc) is 2.85. The Morgan fingerprint density at radius 3 is 2.79 bits per heavy atom. The maximum atomic E-state index is 9.12. The topological polar surface area (TPSA) is 39.3 Å². The van der Waals surface area contributed by atoms with E-state index in [0.717, 1.165) is 26.1 Å². The SMILES string of the molecule is CCCCN(CCO)CCc1c[nH]c2ccccc12. The van der Waals surface area contributed by atoms with E-state index in [1.165, 1.54) is 29.3 Å². The van der Waals surface area contributed by atoms with Crippen LogP contribution in [-0.4, -0.2) is 41.2 Å². The first-order valence-corrected chi connectivity index (χ1v) is 7.23. The van der Waals surface area contributed by atoms with Crippen LogP contribution in [0.5, 0.6) is 0 Å². The van der Waals surface area contributed by atoms with Crippen molar-refractivity contribution in [3.8, 4) is 0 Å². The molecule has 2 rings (SSSR count). The number of aliphatic hydroxyl groups is 1. The molecule has 0 amide bonds. The van der Waals surface area contributed by atoms with Gasteiger partial charge in [-0.2, -0.15) is 0 Å². The number of hydrogen-bond acceptors (Lipinski definition) is 2. The Morgan fingerprint density at radius 2 is 2.00 bits per heavy atom. The lowest BCUT2D eigenvalue weighted by Gasteiger charge is -2.20. The monoisotopic (exact) mass is 260 g/mol. The van der Waals surface area contributed by atoms with Gasteiger partial charge in [0.1, 0.15) is 0 Å². The van der Waals surface area contributed by atoms with Gasteiger partial charge in [-0.1, -0.05) is 31.5 Å². The number of fused-ring (bicyclic) bond motifs is 1. The molecule has 1 heterocycles. The van der Waals surface area contributed by atoms with E-state index in [1.807, 2.05) is 0 Å². The summed E-state index contributed by atoms with van der Waals surface area (Å²) in [6.07, 6.45) is 5.55. The number of para-hydroxylation sites is 1. The maximum Gasteiger partial charge on any atom is 0.0558 e. The predicted molar refractivity (Wildman–Crippen MR) is 80.4 cm³/mol.